The van der Waals surface area contributed by atoms with Crippen molar-refractivity contribution in [1.29, 1.82) is 5.26 Å². The average molecular weight is 187 g/mol. The second kappa shape index (κ2) is 4.25. The molecule has 1 aromatic rings. The zero-order valence-corrected chi connectivity index (χ0v) is 7.98. The Morgan fingerprint density at radius 3 is 2.86 bits per heavy atom. The number of hydrogen-bond acceptors (Lipinski definition) is 4. The molecule has 0 aromatic carbocycles. The minimum absolute atomic E-state index is 0.145. The third-order valence-electron chi connectivity index (χ3n) is 1.47. The van der Waals surface area contributed by atoms with Crippen molar-refractivity contribution in [2.24, 2.45) is 0 Å². The topological polar surface area (TPSA) is 58.8 Å². The Kier molecular flexibility index (Phi) is 3.04. The molecule has 1 aromatic heterocycles. The first-order chi connectivity index (χ1) is 6.65. The van der Waals surface area contributed by atoms with E-state index in [4.69, 9.17) is 16.4 Å². The molecule has 0 spiro atoms. The first-order valence-electron chi connectivity index (χ1n) is 4.04. The Bertz CT molecular complexity index is 414. The molecule has 4 nitrogen and oxygen atoms in total. The summed E-state index contributed by atoms with van der Waals surface area (Å²) in [5.74, 6) is 2.39. The molecule has 1 rings (SSSR count). The molecule has 0 N–H and O–H groups in total. The Labute approximate surface area is 82.6 Å². The average Bonchev–Trinajstić information content (AvgIpc) is 2.16. The van der Waals surface area contributed by atoms with Gasteiger partial charge in [-0.2, -0.15) is 10.2 Å². The van der Waals surface area contributed by atoms with Crippen molar-refractivity contribution in [3.63, 3.8) is 0 Å². The van der Waals surface area contributed by atoms with Crippen molar-refractivity contribution in [1.82, 2.24) is 9.97 Å². The summed E-state index contributed by atoms with van der Waals surface area (Å²) in [6.45, 7) is 3.47. The van der Waals surface area contributed by atoms with E-state index in [1.807, 2.05) is 6.07 Å². The van der Waals surface area contributed by atoms with Crippen LogP contribution in [-0.2, 0) is 0 Å². The molecule has 0 bridgehead atoms. The Hall–Kier alpha value is -2.07. The normalized spacial score (nSPS) is 11.1. The Morgan fingerprint density at radius 1 is 1.57 bits per heavy atom. The number of aromatic nitrogens is 2. The van der Waals surface area contributed by atoms with Gasteiger partial charge in [-0.15, -0.1) is 6.42 Å². The van der Waals surface area contributed by atoms with E-state index >= 15 is 0 Å². The molecule has 1 heterocycles. The van der Waals surface area contributed by atoms with Gasteiger partial charge in [0.2, 0.25) is 0 Å². The smallest absolute Gasteiger partial charge is 0.319 e. The van der Waals surface area contributed by atoms with Gasteiger partial charge < -0.3 is 4.74 Å². The van der Waals surface area contributed by atoms with Gasteiger partial charge in [-0.25, -0.2) is 4.98 Å². The molecule has 0 aliphatic carbocycles. The minimum atomic E-state index is -0.400. The van der Waals surface area contributed by atoms with Crippen molar-refractivity contribution < 1.29 is 4.74 Å². The summed E-state index contributed by atoms with van der Waals surface area (Å²) in [5.41, 5.74) is 0.951. The molecule has 0 aliphatic heterocycles. The van der Waals surface area contributed by atoms with Gasteiger partial charge in [-0.1, -0.05) is 5.92 Å². The number of nitriles is 1. The minimum Gasteiger partial charge on any atom is -0.447 e. The van der Waals surface area contributed by atoms with E-state index in [9.17, 15) is 0 Å². The molecular weight excluding hydrogens is 178 g/mol. The zero-order valence-electron chi connectivity index (χ0n) is 7.98. The lowest BCUT2D eigenvalue weighted by Gasteiger charge is -2.06. The van der Waals surface area contributed by atoms with Crippen molar-refractivity contribution in [3.8, 4) is 24.4 Å². The highest BCUT2D eigenvalue weighted by molar-refractivity contribution is 5.23. The van der Waals surface area contributed by atoms with Gasteiger partial charge in [0.1, 0.15) is 11.8 Å². The fraction of sp³-hybridized carbons (Fsp3) is 0.300. The molecule has 0 aliphatic rings. The fourth-order valence-electron chi connectivity index (χ4n) is 0.843. The van der Waals surface area contributed by atoms with Crippen LogP contribution in [0.3, 0.4) is 0 Å². The molecule has 4 heteroatoms. The highest BCUT2D eigenvalue weighted by Crippen LogP contribution is 2.07. The predicted octanol–water partition coefficient (Wildman–Crippen LogP) is 1.06. The number of aryl methyl sites for hydroxylation is 1. The van der Waals surface area contributed by atoms with Crippen LogP contribution in [-0.4, -0.2) is 16.1 Å². The summed E-state index contributed by atoms with van der Waals surface area (Å²) < 4.78 is 5.18. The van der Waals surface area contributed by atoms with E-state index in [1.165, 1.54) is 0 Å². The summed E-state index contributed by atoms with van der Waals surface area (Å²) in [6, 6.07) is 3.64. The van der Waals surface area contributed by atoms with E-state index in [1.54, 1.807) is 19.9 Å². The van der Waals surface area contributed by atoms with Crippen molar-refractivity contribution in [2.75, 3.05) is 0 Å². The van der Waals surface area contributed by atoms with Crippen LogP contribution in [0.2, 0.25) is 0 Å². The number of nitrogens with zero attached hydrogens (tertiary/aromatic N) is 3. The van der Waals surface area contributed by atoms with Gasteiger partial charge in [0.25, 0.3) is 0 Å². The second-order valence-corrected chi connectivity index (χ2v) is 2.72. The maximum Gasteiger partial charge on any atom is 0.319 e. The van der Waals surface area contributed by atoms with Crippen LogP contribution < -0.4 is 4.74 Å². The van der Waals surface area contributed by atoms with Gasteiger partial charge >= 0.3 is 6.01 Å². The Balaban J connectivity index is 2.95. The molecule has 14 heavy (non-hydrogen) atoms. The Morgan fingerprint density at radius 2 is 2.29 bits per heavy atom. The van der Waals surface area contributed by atoms with Crippen molar-refractivity contribution in [2.45, 2.75) is 20.0 Å². The van der Waals surface area contributed by atoms with Crippen LogP contribution in [0.25, 0.3) is 0 Å². The molecule has 0 fully saturated rings. The van der Waals surface area contributed by atoms with Gasteiger partial charge in [0.05, 0.1) is 0 Å². The van der Waals surface area contributed by atoms with Gasteiger partial charge in [0, 0.05) is 5.69 Å². The maximum absolute atomic E-state index is 8.64. The molecule has 0 amide bonds. The highest BCUT2D eigenvalue weighted by Gasteiger charge is 2.05. The zero-order chi connectivity index (χ0) is 10.6. The van der Waals surface area contributed by atoms with Crippen LogP contribution in [0.15, 0.2) is 6.07 Å². The maximum atomic E-state index is 8.64. The molecule has 0 saturated heterocycles. The summed E-state index contributed by atoms with van der Waals surface area (Å²) >= 11 is 0. The summed E-state index contributed by atoms with van der Waals surface area (Å²) in [6.07, 6.45) is 4.73. The molecule has 0 saturated carbocycles. The van der Waals surface area contributed by atoms with Crippen LogP contribution in [0.4, 0.5) is 0 Å². The number of hydrogen-bond donors (Lipinski definition) is 0. The summed E-state index contributed by atoms with van der Waals surface area (Å²) in [4.78, 5) is 7.84. The lowest BCUT2D eigenvalue weighted by atomic mass is 10.3. The van der Waals surface area contributed by atoms with Gasteiger partial charge in [0.15, 0.2) is 6.10 Å². The van der Waals surface area contributed by atoms with Crippen molar-refractivity contribution in [3.05, 3.63) is 17.5 Å². The lowest BCUT2D eigenvalue weighted by molar-refractivity contribution is 0.255. The lowest BCUT2D eigenvalue weighted by Crippen LogP contribution is -2.11. The van der Waals surface area contributed by atoms with Crippen LogP contribution >= 0.6 is 0 Å². The van der Waals surface area contributed by atoms with E-state index in [0.29, 0.717) is 5.69 Å². The van der Waals surface area contributed by atoms with Crippen molar-refractivity contribution >= 4 is 0 Å². The third kappa shape index (κ3) is 2.46. The SMILES string of the molecule is C#CC(C)Oc1nc(C)cc(C#N)n1. The van der Waals surface area contributed by atoms with E-state index in [2.05, 4.69) is 15.9 Å². The first kappa shape index (κ1) is 10.0. The summed E-state index contributed by atoms with van der Waals surface area (Å²) in [7, 11) is 0. The van der Waals surface area contributed by atoms with E-state index in [0.717, 1.165) is 0 Å². The third-order valence-corrected chi connectivity index (χ3v) is 1.47. The monoisotopic (exact) mass is 187 g/mol. The number of terminal acetylenes is 1. The van der Waals surface area contributed by atoms with E-state index < -0.39 is 6.10 Å². The second-order valence-electron chi connectivity index (χ2n) is 2.72. The largest absolute Gasteiger partial charge is 0.447 e. The van der Waals surface area contributed by atoms with Crippen LogP contribution in [0.1, 0.15) is 18.3 Å². The first-order valence-corrected chi connectivity index (χ1v) is 4.04. The predicted molar refractivity (Wildman–Crippen MR) is 50.4 cm³/mol. The van der Waals surface area contributed by atoms with Crippen LogP contribution in [0, 0.1) is 30.6 Å². The number of rotatable bonds is 2. The molecule has 70 valence electrons. The molecule has 0 radical (unpaired) electrons. The molecule has 1 unspecified atom stereocenters. The number of ether oxygens (including phenoxy) is 1. The van der Waals surface area contributed by atoms with E-state index in [-0.39, 0.29) is 11.7 Å². The van der Waals surface area contributed by atoms with Crippen LogP contribution in [0.5, 0.6) is 6.01 Å². The fourth-order valence-corrected chi connectivity index (χ4v) is 0.843. The summed E-state index contributed by atoms with van der Waals surface area (Å²) in [5, 5.41) is 8.64. The molecular formula is C10H9N3O. The molecule has 1 atom stereocenters. The highest BCUT2D eigenvalue weighted by atomic mass is 16.5. The quantitative estimate of drug-likeness (QED) is 0.649. The standard InChI is InChI=1S/C10H9N3O/c1-4-8(3)14-10-12-7(2)5-9(6-11)13-10/h1,5,8H,2-3H3. The van der Waals surface area contributed by atoms with Gasteiger partial charge in [-0.3, -0.25) is 0 Å². The van der Waals surface area contributed by atoms with Gasteiger partial charge in [-0.05, 0) is 19.9 Å².